The number of carbonyl (C=O) groups is 4. The van der Waals surface area contributed by atoms with Gasteiger partial charge in [0.25, 0.3) is 0 Å². The van der Waals surface area contributed by atoms with E-state index in [1.54, 1.807) is 42.5 Å². The molecule has 9 N–H and O–H groups in total. The van der Waals surface area contributed by atoms with Crippen molar-refractivity contribution in [2.75, 3.05) is 25.0 Å². The molecule has 1 aliphatic carbocycles. The van der Waals surface area contributed by atoms with Crippen molar-refractivity contribution in [2.24, 2.45) is 16.5 Å². The molecule has 57 heavy (non-hydrogen) atoms. The number of rotatable bonds is 20. The van der Waals surface area contributed by atoms with Crippen LogP contribution in [-0.2, 0) is 35.6 Å². The number of amides is 3. The van der Waals surface area contributed by atoms with Crippen molar-refractivity contribution >= 4 is 45.4 Å². The van der Waals surface area contributed by atoms with Crippen LogP contribution in [0.2, 0.25) is 0 Å². The monoisotopic (exact) mass is 810 g/mol. The molecule has 3 atom stereocenters. The molecule has 2 fully saturated rings. The third-order valence-electron chi connectivity index (χ3n) is 10.6. The lowest BCUT2D eigenvalue weighted by Gasteiger charge is -2.25. The number of aliphatic carboxylic acids is 1. The number of guanidine groups is 1. The van der Waals surface area contributed by atoms with E-state index in [0.29, 0.717) is 30.1 Å². The Hall–Kier alpha value is -4.54. The van der Waals surface area contributed by atoms with Crippen LogP contribution < -0.4 is 32.7 Å². The lowest BCUT2D eigenvalue weighted by Crippen LogP contribution is -2.51. The highest BCUT2D eigenvalue weighted by Gasteiger charge is 2.40. The van der Waals surface area contributed by atoms with Gasteiger partial charge in [0, 0.05) is 37.7 Å². The van der Waals surface area contributed by atoms with Gasteiger partial charge in [-0.15, -0.1) is 0 Å². The largest absolute Gasteiger partial charge is 0.480 e. The standard InChI is InChI=1S/C41H62N8O7S/c42-41(43)45-27-25-34(47-37(50)20-12-7-13-26-44-31-15-8-4-2-1-3-5-9-16-31)38(51)46-32-23-21-30(22-24-32)29-35(40(53)54)48-39(52)36-19-14-28-49(36)57(55,56)33-17-10-6-11-18-33/h6,10-11,17-18,21-24,31,34-36,44H,1-5,7-9,12-16,19-20,25-29H2,(H,46,51)(H,47,50)(H,48,52)(H,53,54)(H4,42,43,45)/t34-,35-,36?/m0/s1. The molecule has 1 heterocycles. The van der Waals surface area contributed by atoms with Crippen LogP contribution in [0.1, 0.15) is 108 Å². The molecule has 314 valence electrons. The number of nitrogens with zero attached hydrogens (tertiary/aromatic N) is 2. The molecule has 0 spiro atoms. The first-order valence-corrected chi connectivity index (χ1v) is 22.0. The molecule has 1 unspecified atom stereocenters. The Morgan fingerprint density at radius 2 is 1.47 bits per heavy atom. The zero-order valence-electron chi connectivity index (χ0n) is 33.0. The van der Waals surface area contributed by atoms with Crippen LogP contribution in [0.15, 0.2) is 64.5 Å². The SMILES string of the molecule is NC(N)=NCC[C@H](NC(=O)CCCCCNC1CCCCCCCCC1)C(=O)Nc1ccc(C[C@H](NC(=O)C2CCCN2S(=O)(=O)c2ccccc2)C(=O)O)cc1. The maximum atomic E-state index is 13.3. The topological polar surface area (TPSA) is 238 Å². The summed E-state index contributed by atoms with van der Waals surface area (Å²) in [7, 11) is -3.95. The van der Waals surface area contributed by atoms with Gasteiger partial charge in [0.1, 0.15) is 18.1 Å². The van der Waals surface area contributed by atoms with Gasteiger partial charge in [0.15, 0.2) is 5.96 Å². The van der Waals surface area contributed by atoms with Crippen LogP contribution in [0, 0.1) is 0 Å². The second-order valence-electron chi connectivity index (χ2n) is 15.1. The molecule has 2 aromatic rings. The molecule has 1 saturated heterocycles. The van der Waals surface area contributed by atoms with Crippen LogP contribution in [0.5, 0.6) is 0 Å². The Labute approximate surface area is 337 Å². The van der Waals surface area contributed by atoms with Crippen molar-refractivity contribution < 1.29 is 32.7 Å². The zero-order valence-corrected chi connectivity index (χ0v) is 33.8. The summed E-state index contributed by atoms with van der Waals surface area (Å²) in [5, 5.41) is 21.8. The number of aliphatic imine (C=N–C) groups is 1. The smallest absolute Gasteiger partial charge is 0.326 e. The Balaban J connectivity index is 1.25. The molecule has 16 heteroatoms. The van der Waals surface area contributed by atoms with E-state index >= 15 is 0 Å². The normalized spacial score (nSPS) is 18.1. The summed E-state index contributed by atoms with van der Waals surface area (Å²) in [6, 6.07) is 11.6. The number of hydrogen-bond donors (Lipinski definition) is 7. The number of carboxylic acid groups (broad SMARTS) is 1. The van der Waals surface area contributed by atoms with Crippen molar-refractivity contribution in [3.8, 4) is 0 Å². The Morgan fingerprint density at radius 1 is 0.807 bits per heavy atom. The van der Waals surface area contributed by atoms with Crippen LogP contribution in [0.3, 0.4) is 0 Å². The van der Waals surface area contributed by atoms with Gasteiger partial charge in [0.2, 0.25) is 27.7 Å². The van der Waals surface area contributed by atoms with Crippen LogP contribution in [0.4, 0.5) is 5.69 Å². The van der Waals surface area contributed by atoms with E-state index in [4.69, 9.17) is 11.5 Å². The summed E-state index contributed by atoms with van der Waals surface area (Å²) >= 11 is 0. The van der Waals surface area contributed by atoms with Gasteiger partial charge in [-0.05, 0) is 81.3 Å². The quantitative estimate of drug-likeness (QED) is 0.0580. The average Bonchev–Trinajstić information content (AvgIpc) is 3.70. The molecule has 0 radical (unpaired) electrons. The van der Waals surface area contributed by atoms with Crippen molar-refractivity contribution in [3.63, 3.8) is 0 Å². The molecular weight excluding hydrogens is 749 g/mol. The van der Waals surface area contributed by atoms with Crippen LogP contribution >= 0.6 is 0 Å². The number of carbonyl (C=O) groups excluding carboxylic acids is 3. The third-order valence-corrected chi connectivity index (χ3v) is 12.5. The molecule has 3 amide bonds. The fourth-order valence-corrected chi connectivity index (χ4v) is 9.12. The number of nitrogens with one attached hydrogen (secondary N) is 4. The van der Waals surface area contributed by atoms with Crippen LogP contribution in [-0.4, -0.2) is 91.3 Å². The predicted octanol–water partition coefficient (Wildman–Crippen LogP) is 3.78. The number of anilines is 1. The third kappa shape index (κ3) is 15.4. The lowest BCUT2D eigenvalue weighted by atomic mass is 9.97. The van der Waals surface area contributed by atoms with E-state index in [9.17, 15) is 32.7 Å². The highest BCUT2D eigenvalue weighted by atomic mass is 32.2. The van der Waals surface area contributed by atoms with Gasteiger partial charge in [-0.1, -0.05) is 81.7 Å². The van der Waals surface area contributed by atoms with Gasteiger partial charge < -0.3 is 37.8 Å². The molecule has 1 saturated carbocycles. The highest BCUT2D eigenvalue weighted by Crippen LogP contribution is 2.26. The van der Waals surface area contributed by atoms with Gasteiger partial charge in [-0.3, -0.25) is 19.4 Å². The fourth-order valence-electron chi connectivity index (χ4n) is 7.44. The maximum Gasteiger partial charge on any atom is 0.326 e. The zero-order chi connectivity index (χ0) is 41.0. The van der Waals surface area contributed by atoms with Crippen molar-refractivity contribution in [1.29, 1.82) is 0 Å². The number of benzene rings is 2. The minimum Gasteiger partial charge on any atom is -0.480 e. The van der Waals surface area contributed by atoms with Crippen molar-refractivity contribution in [1.82, 2.24) is 20.3 Å². The molecular formula is C41H62N8O7S. The summed E-state index contributed by atoms with van der Waals surface area (Å²) in [5.74, 6) is -2.78. The van der Waals surface area contributed by atoms with E-state index in [0.717, 1.165) is 23.7 Å². The second-order valence-corrected chi connectivity index (χ2v) is 17.0. The number of nitrogens with two attached hydrogens (primary N) is 2. The summed E-state index contributed by atoms with van der Waals surface area (Å²) in [6.07, 6.45) is 15.4. The first kappa shape index (κ1) is 45.2. The molecule has 15 nitrogen and oxygen atoms in total. The predicted molar refractivity (Wildman–Crippen MR) is 221 cm³/mol. The summed E-state index contributed by atoms with van der Waals surface area (Å²) in [4.78, 5) is 55.8. The number of unbranched alkanes of at least 4 members (excludes halogenated alkanes) is 2. The first-order valence-electron chi connectivity index (χ1n) is 20.5. The van der Waals surface area contributed by atoms with E-state index in [-0.39, 0.29) is 55.5 Å². The summed E-state index contributed by atoms with van der Waals surface area (Å²) in [6.45, 7) is 1.21. The van der Waals surface area contributed by atoms with Crippen molar-refractivity contribution in [3.05, 3.63) is 60.2 Å². The molecule has 2 aromatic carbocycles. The fraction of sp³-hybridized carbons (Fsp3) is 0.585. The summed E-state index contributed by atoms with van der Waals surface area (Å²) < 4.78 is 27.6. The van der Waals surface area contributed by atoms with Gasteiger partial charge in [-0.25, -0.2) is 13.2 Å². The second kappa shape index (κ2) is 23.6. The van der Waals surface area contributed by atoms with Gasteiger partial charge >= 0.3 is 5.97 Å². The molecule has 1 aliphatic heterocycles. The molecule has 0 bridgehead atoms. The van der Waals surface area contributed by atoms with E-state index < -0.39 is 45.9 Å². The summed E-state index contributed by atoms with van der Waals surface area (Å²) in [5.41, 5.74) is 11.9. The Bertz CT molecular complexity index is 1710. The lowest BCUT2D eigenvalue weighted by molar-refractivity contribution is -0.142. The van der Waals surface area contributed by atoms with Gasteiger partial charge in [0.05, 0.1) is 4.90 Å². The van der Waals surface area contributed by atoms with E-state index in [2.05, 4.69) is 26.3 Å². The molecule has 0 aromatic heterocycles. The number of carboxylic acids is 1. The average molecular weight is 811 g/mol. The molecule has 2 aliphatic rings. The van der Waals surface area contributed by atoms with Crippen LogP contribution in [0.25, 0.3) is 0 Å². The highest BCUT2D eigenvalue weighted by molar-refractivity contribution is 7.89. The maximum absolute atomic E-state index is 13.3. The number of sulfonamides is 1. The first-order chi connectivity index (χ1) is 27.4. The molecule has 4 rings (SSSR count). The number of hydrogen-bond acceptors (Lipinski definition) is 8. The Kier molecular flexibility index (Phi) is 18.7. The van der Waals surface area contributed by atoms with Gasteiger partial charge in [-0.2, -0.15) is 4.31 Å². The minimum atomic E-state index is -3.95. The van der Waals surface area contributed by atoms with Crippen molar-refractivity contribution in [2.45, 2.75) is 138 Å². The minimum absolute atomic E-state index is 0.0633. The van der Waals surface area contributed by atoms with E-state index in [1.165, 1.54) is 69.9 Å². The van der Waals surface area contributed by atoms with E-state index in [1.807, 2.05) is 0 Å². The Morgan fingerprint density at radius 3 is 2.12 bits per heavy atom.